The predicted molar refractivity (Wildman–Crippen MR) is 117 cm³/mol. The van der Waals surface area contributed by atoms with E-state index in [9.17, 15) is 10.1 Å². The van der Waals surface area contributed by atoms with Crippen molar-refractivity contribution in [3.8, 4) is 11.8 Å². The standard InChI is InChI=1S/C23H24ClN5O2/c1-17(30)28(3)21(13-23(2,14-25)18-9-11-19(24)12-10-18)22(29-16-26-15-27-29)31-20-7-5-4-6-8-20/h4-12,15-16,21-22H,13H2,1-3H3. The first kappa shape index (κ1) is 22.3. The molecule has 2 aromatic carbocycles. The number of hydrogen-bond acceptors (Lipinski definition) is 5. The highest BCUT2D eigenvalue weighted by Crippen LogP contribution is 2.35. The summed E-state index contributed by atoms with van der Waals surface area (Å²) in [6.45, 7) is 3.33. The van der Waals surface area contributed by atoms with Gasteiger partial charge in [-0.2, -0.15) is 10.4 Å². The molecule has 0 bridgehead atoms. The normalized spacial score (nSPS) is 14.7. The number of nitriles is 1. The molecule has 1 heterocycles. The Morgan fingerprint density at radius 3 is 2.48 bits per heavy atom. The first-order valence-electron chi connectivity index (χ1n) is 9.80. The molecule has 8 heteroatoms. The van der Waals surface area contributed by atoms with Crippen molar-refractivity contribution >= 4 is 17.5 Å². The van der Waals surface area contributed by atoms with Gasteiger partial charge in [0.1, 0.15) is 18.4 Å². The van der Waals surface area contributed by atoms with Crippen LogP contribution in [0.25, 0.3) is 0 Å². The van der Waals surface area contributed by atoms with Gasteiger partial charge in [-0.25, -0.2) is 9.67 Å². The molecule has 3 atom stereocenters. The maximum absolute atomic E-state index is 12.4. The molecule has 160 valence electrons. The molecule has 31 heavy (non-hydrogen) atoms. The van der Waals surface area contributed by atoms with Crippen LogP contribution in [0.4, 0.5) is 0 Å². The van der Waals surface area contributed by atoms with Crippen LogP contribution < -0.4 is 4.74 Å². The molecule has 3 rings (SSSR count). The summed E-state index contributed by atoms with van der Waals surface area (Å²) in [6.07, 6.45) is 2.56. The van der Waals surface area contributed by atoms with E-state index in [4.69, 9.17) is 16.3 Å². The van der Waals surface area contributed by atoms with Gasteiger partial charge in [0.15, 0.2) is 0 Å². The average Bonchev–Trinajstić information content (AvgIpc) is 3.31. The lowest BCUT2D eigenvalue weighted by atomic mass is 9.78. The number of carbonyl (C=O) groups is 1. The number of likely N-dealkylation sites (N-methyl/N-ethyl adjacent to an activating group) is 1. The SMILES string of the molecule is CC(=O)N(C)C(CC(C)(C#N)c1ccc(Cl)cc1)C(Oc1ccccc1)n1cncn1. The van der Waals surface area contributed by atoms with E-state index in [-0.39, 0.29) is 5.91 Å². The Balaban J connectivity index is 2.03. The quantitative estimate of drug-likeness (QED) is 0.526. The monoisotopic (exact) mass is 437 g/mol. The summed E-state index contributed by atoms with van der Waals surface area (Å²) in [7, 11) is 1.70. The van der Waals surface area contributed by atoms with Gasteiger partial charge in [-0.05, 0) is 43.2 Å². The van der Waals surface area contributed by atoms with E-state index in [1.54, 1.807) is 35.1 Å². The minimum absolute atomic E-state index is 0.150. The summed E-state index contributed by atoms with van der Waals surface area (Å²) in [4.78, 5) is 18.0. The van der Waals surface area contributed by atoms with Gasteiger partial charge >= 0.3 is 0 Å². The average molecular weight is 438 g/mol. The molecule has 0 aliphatic carbocycles. The molecular formula is C23H24ClN5O2. The predicted octanol–water partition coefficient (Wildman–Crippen LogP) is 4.23. The molecule has 0 aliphatic heterocycles. The van der Waals surface area contributed by atoms with Crippen LogP contribution in [0.15, 0.2) is 67.3 Å². The van der Waals surface area contributed by atoms with Crippen LogP contribution in [0.2, 0.25) is 5.02 Å². The summed E-state index contributed by atoms with van der Waals surface area (Å²) >= 11 is 6.04. The number of aromatic nitrogens is 3. The van der Waals surface area contributed by atoms with Crippen LogP contribution in [-0.4, -0.2) is 38.7 Å². The lowest BCUT2D eigenvalue weighted by Crippen LogP contribution is -2.47. The number of benzene rings is 2. The second-order valence-corrected chi connectivity index (χ2v) is 7.99. The lowest BCUT2D eigenvalue weighted by molar-refractivity contribution is -0.133. The Labute approximate surface area is 186 Å². The largest absolute Gasteiger partial charge is 0.466 e. The lowest BCUT2D eigenvalue weighted by Gasteiger charge is -2.38. The smallest absolute Gasteiger partial charge is 0.219 e. The molecule has 0 saturated carbocycles. The number of rotatable bonds is 8. The summed E-state index contributed by atoms with van der Waals surface area (Å²) in [5.74, 6) is 0.471. The van der Waals surface area contributed by atoms with Gasteiger partial charge in [-0.3, -0.25) is 4.79 Å². The fourth-order valence-electron chi connectivity index (χ4n) is 3.42. The Morgan fingerprint density at radius 2 is 1.94 bits per heavy atom. The number of halogens is 1. The second kappa shape index (κ2) is 9.63. The number of carbonyl (C=O) groups excluding carboxylic acids is 1. The second-order valence-electron chi connectivity index (χ2n) is 7.55. The summed E-state index contributed by atoms with van der Waals surface area (Å²) < 4.78 is 7.84. The zero-order valence-electron chi connectivity index (χ0n) is 17.6. The van der Waals surface area contributed by atoms with E-state index >= 15 is 0 Å². The molecule has 0 spiro atoms. The Kier molecular flexibility index (Phi) is 6.93. The van der Waals surface area contributed by atoms with Crippen LogP contribution in [0, 0.1) is 11.3 Å². The van der Waals surface area contributed by atoms with E-state index in [2.05, 4.69) is 16.2 Å². The molecule has 0 N–H and O–H groups in total. The molecular weight excluding hydrogens is 414 g/mol. The van der Waals surface area contributed by atoms with Gasteiger partial charge in [0.25, 0.3) is 0 Å². The highest BCUT2D eigenvalue weighted by Gasteiger charge is 2.39. The molecule has 1 amide bonds. The van der Waals surface area contributed by atoms with Crippen molar-refractivity contribution in [2.24, 2.45) is 0 Å². The van der Waals surface area contributed by atoms with Crippen molar-refractivity contribution in [3.05, 3.63) is 77.8 Å². The van der Waals surface area contributed by atoms with Crippen molar-refractivity contribution in [2.75, 3.05) is 7.05 Å². The zero-order valence-corrected chi connectivity index (χ0v) is 18.4. The van der Waals surface area contributed by atoms with Gasteiger partial charge in [-0.15, -0.1) is 0 Å². The third-order valence-electron chi connectivity index (χ3n) is 5.37. The molecule has 3 unspecified atom stereocenters. The Bertz CT molecular complexity index is 1030. The van der Waals surface area contributed by atoms with Crippen molar-refractivity contribution < 1.29 is 9.53 Å². The van der Waals surface area contributed by atoms with E-state index in [0.717, 1.165) is 5.56 Å². The fourth-order valence-corrected chi connectivity index (χ4v) is 3.55. The van der Waals surface area contributed by atoms with Gasteiger partial charge in [0.05, 0.1) is 17.5 Å². The van der Waals surface area contributed by atoms with Gasteiger partial charge in [0.2, 0.25) is 12.1 Å². The van der Waals surface area contributed by atoms with Crippen LogP contribution in [-0.2, 0) is 10.2 Å². The number of amides is 1. The highest BCUT2D eigenvalue weighted by atomic mass is 35.5. The van der Waals surface area contributed by atoms with Gasteiger partial charge in [0, 0.05) is 19.0 Å². The van der Waals surface area contributed by atoms with Gasteiger partial charge < -0.3 is 9.64 Å². The van der Waals surface area contributed by atoms with Crippen LogP contribution in [0.1, 0.15) is 32.1 Å². The van der Waals surface area contributed by atoms with Crippen molar-refractivity contribution in [2.45, 2.75) is 38.0 Å². The number of hydrogen-bond donors (Lipinski definition) is 0. The van der Waals surface area contributed by atoms with Crippen LogP contribution in [0.3, 0.4) is 0 Å². The van der Waals surface area contributed by atoms with Crippen LogP contribution in [0.5, 0.6) is 5.75 Å². The molecule has 1 aromatic heterocycles. The molecule has 0 radical (unpaired) electrons. The fraction of sp³-hybridized carbons (Fsp3) is 0.304. The molecule has 0 saturated heterocycles. The number of ether oxygens (including phenoxy) is 1. The first-order chi connectivity index (χ1) is 14.8. The Hall–Kier alpha value is -3.37. The molecule has 3 aromatic rings. The Morgan fingerprint density at radius 1 is 1.26 bits per heavy atom. The van der Waals surface area contributed by atoms with E-state index < -0.39 is 17.7 Å². The zero-order chi connectivity index (χ0) is 22.4. The highest BCUT2D eigenvalue weighted by molar-refractivity contribution is 6.30. The van der Waals surface area contributed by atoms with Crippen molar-refractivity contribution in [1.82, 2.24) is 19.7 Å². The van der Waals surface area contributed by atoms with Crippen molar-refractivity contribution in [1.29, 1.82) is 5.26 Å². The number of nitrogens with zero attached hydrogens (tertiary/aromatic N) is 5. The summed E-state index contributed by atoms with van der Waals surface area (Å²) in [5, 5.41) is 15.0. The topological polar surface area (TPSA) is 84.0 Å². The van der Waals surface area contributed by atoms with E-state index in [1.165, 1.54) is 13.3 Å². The van der Waals surface area contributed by atoms with Crippen molar-refractivity contribution in [3.63, 3.8) is 0 Å². The third kappa shape index (κ3) is 5.22. The minimum Gasteiger partial charge on any atom is -0.466 e. The van der Waals surface area contributed by atoms with Gasteiger partial charge in [-0.1, -0.05) is 41.9 Å². The molecule has 0 fully saturated rings. The maximum Gasteiger partial charge on any atom is 0.219 e. The molecule has 7 nitrogen and oxygen atoms in total. The summed E-state index contributed by atoms with van der Waals surface area (Å²) in [6, 6.07) is 18.4. The molecule has 0 aliphatic rings. The maximum atomic E-state index is 12.4. The van der Waals surface area contributed by atoms with E-state index in [0.29, 0.717) is 17.2 Å². The summed E-state index contributed by atoms with van der Waals surface area (Å²) in [5.41, 5.74) is -0.101. The van der Waals surface area contributed by atoms with Crippen LogP contribution >= 0.6 is 11.6 Å². The number of para-hydroxylation sites is 1. The van der Waals surface area contributed by atoms with E-state index in [1.807, 2.05) is 49.4 Å². The minimum atomic E-state index is -0.905. The first-order valence-corrected chi connectivity index (χ1v) is 10.2. The third-order valence-corrected chi connectivity index (χ3v) is 5.62.